The molecule has 0 unspecified atom stereocenters. The lowest BCUT2D eigenvalue weighted by molar-refractivity contribution is -0.131. The fraction of sp³-hybridized carbons (Fsp3) is 0.318. The molecule has 0 radical (unpaired) electrons. The van der Waals surface area contributed by atoms with E-state index >= 15 is 0 Å². The summed E-state index contributed by atoms with van der Waals surface area (Å²) < 4.78 is 0. The highest BCUT2D eigenvalue weighted by Crippen LogP contribution is 2.10. The molecule has 0 spiro atoms. The van der Waals surface area contributed by atoms with Crippen LogP contribution in [0.4, 0.5) is 0 Å². The van der Waals surface area contributed by atoms with Crippen molar-refractivity contribution in [2.75, 3.05) is 6.54 Å². The van der Waals surface area contributed by atoms with E-state index in [9.17, 15) is 4.79 Å². The zero-order valence-electron chi connectivity index (χ0n) is 14.5. The van der Waals surface area contributed by atoms with Gasteiger partial charge in [-0.2, -0.15) is 0 Å². The van der Waals surface area contributed by atoms with Gasteiger partial charge in [-0.1, -0.05) is 86.2 Å². The minimum absolute atomic E-state index is 0.241. The van der Waals surface area contributed by atoms with Crippen LogP contribution in [0, 0.1) is 0 Å². The van der Waals surface area contributed by atoms with Crippen LogP contribution < -0.4 is 0 Å². The maximum Gasteiger partial charge on any atom is 0.223 e. The number of unbranched alkanes of at least 4 members (excludes halogenated alkanes) is 1. The van der Waals surface area contributed by atoms with Crippen LogP contribution >= 0.6 is 0 Å². The second kappa shape index (κ2) is 10.4. The Balaban J connectivity index is 1.86. The predicted molar refractivity (Wildman–Crippen MR) is 101 cm³/mol. The molecular weight excluding hydrogens is 294 g/mol. The van der Waals surface area contributed by atoms with Crippen molar-refractivity contribution in [1.82, 2.24) is 4.90 Å². The van der Waals surface area contributed by atoms with Crippen molar-refractivity contribution < 1.29 is 4.79 Å². The SMILES string of the molecule is CCCCN(Cc1ccccc1)C(=O)CC/C=C/c1ccccc1. The average Bonchev–Trinajstić information content (AvgIpc) is 2.64. The molecule has 0 N–H and O–H groups in total. The topological polar surface area (TPSA) is 20.3 Å². The molecule has 2 rings (SSSR count). The lowest BCUT2D eigenvalue weighted by Crippen LogP contribution is -2.31. The van der Waals surface area contributed by atoms with E-state index in [1.807, 2.05) is 41.3 Å². The van der Waals surface area contributed by atoms with Gasteiger partial charge in [0.25, 0.3) is 0 Å². The summed E-state index contributed by atoms with van der Waals surface area (Å²) in [6.45, 7) is 3.71. The summed E-state index contributed by atoms with van der Waals surface area (Å²) in [7, 11) is 0. The van der Waals surface area contributed by atoms with Crippen molar-refractivity contribution >= 4 is 12.0 Å². The van der Waals surface area contributed by atoms with E-state index in [-0.39, 0.29) is 5.91 Å². The highest BCUT2D eigenvalue weighted by atomic mass is 16.2. The van der Waals surface area contributed by atoms with Crippen molar-refractivity contribution in [3.8, 4) is 0 Å². The molecule has 0 atom stereocenters. The Hall–Kier alpha value is -2.35. The zero-order chi connectivity index (χ0) is 17.0. The number of rotatable bonds is 9. The number of hydrogen-bond acceptors (Lipinski definition) is 1. The predicted octanol–water partition coefficient (Wildman–Crippen LogP) is 5.31. The largest absolute Gasteiger partial charge is 0.338 e. The van der Waals surface area contributed by atoms with Gasteiger partial charge in [0.15, 0.2) is 0 Å². The average molecular weight is 321 g/mol. The molecule has 2 aromatic rings. The summed E-state index contributed by atoms with van der Waals surface area (Å²) in [5, 5.41) is 0. The van der Waals surface area contributed by atoms with Crippen LogP contribution in [0.5, 0.6) is 0 Å². The van der Waals surface area contributed by atoms with Crippen molar-refractivity contribution in [1.29, 1.82) is 0 Å². The molecule has 0 aliphatic heterocycles. The third-order valence-electron chi connectivity index (χ3n) is 3.99. The normalized spacial score (nSPS) is 10.9. The molecule has 2 nitrogen and oxygen atoms in total. The van der Waals surface area contributed by atoms with Gasteiger partial charge in [-0.15, -0.1) is 0 Å². The van der Waals surface area contributed by atoms with E-state index in [1.165, 1.54) is 11.1 Å². The van der Waals surface area contributed by atoms with Crippen molar-refractivity contribution in [3.05, 3.63) is 77.9 Å². The Morgan fingerprint density at radius 3 is 2.33 bits per heavy atom. The van der Waals surface area contributed by atoms with E-state index in [0.717, 1.165) is 25.8 Å². The molecule has 0 fully saturated rings. The van der Waals surface area contributed by atoms with Crippen LogP contribution in [0.25, 0.3) is 6.08 Å². The van der Waals surface area contributed by atoms with Crippen LogP contribution in [0.2, 0.25) is 0 Å². The van der Waals surface area contributed by atoms with Crippen LogP contribution in [-0.2, 0) is 11.3 Å². The summed E-state index contributed by atoms with van der Waals surface area (Å²) >= 11 is 0. The van der Waals surface area contributed by atoms with Gasteiger partial charge in [0, 0.05) is 19.5 Å². The Labute approximate surface area is 145 Å². The van der Waals surface area contributed by atoms with Crippen LogP contribution in [0.15, 0.2) is 66.7 Å². The van der Waals surface area contributed by atoms with Crippen LogP contribution in [0.3, 0.4) is 0 Å². The molecule has 0 aliphatic rings. The maximum absolute atomic E-state index is 12.6. The van der Waals surface area contributed by atoms with Gasteiger partial charge in [0.05, 0.1) is 0 Å². The molecule has 1 amide bonds. The van der Waals surface area contributed by atoms with E-state index in [1.54, 1.807) is 0 Å². The molecule has 0 saturated heterocycles. The van der Waals surface area contributed by atoms with Crippen LogP contribution in [0.1, 0.15) is 43.7 Å². The second-order valence-electron chi connectivity index (χ2n) is 6.01. The number of carbonyl (C=O) groups excluding carboxylic acids is 1. The number of carbonyl (C=O) groups is 1. The Kier molecular flexibility index (Phi) is 7.82. The molecular formula is C22H27NO. The van der Waals surface area contributed by atoms with Gasteiger partial charge >= 0.3 is 0 Å². The minimum atomic E-state index is 0.241. The monoisotopic (exact) mass is 321 g/mol. The number of amides is 1. The fourth-order valence-corrected chi connectivity index (χ4v) is 2.59. The van der Waals surface area contributed by atoms with E-state index in [2.05, 4.69) is 43.3 Å². The second-order valence-corrected chi connectivity index (χ2v) is 6.01. The standard InChI is InChI=1S/C22H27NO/c1-2-3-18-23(19-21-15-8-5-9-16-21)22(24)17-11-10-14-20-12-6-4-7-13-20/h4-10,12-16H,2-3,11,17-19H2,1H3/b14-10+. The first-order chi connectivity index (χ1) is 11.8. The maximum atomic E-state index is 12.6. The van der Waals surface area contributed by atoms with Gasteiger partial charge in [0.1, 0.15) is 0 Å². The Bertz CT molecular complexity index is 619. The number of nitrogens with zero attached hydrogens (tertiary/aromatic N) is 1. The molecule has 126 valence electrons. The lowest BCUT2D eigenvalue weighted by Gasteiger charge is -2.22. The molecule has 0 bridgehead atoms. The van der Waals surface area contributed by atoms with E-state index in [0.29, 0.717) is 13.0 Å². The van der Waals surface area contributed by atoms with Gasteiger partial charge in [0.2, 0.25) is 5.91 Å². The minimum Gasteiger partial charge on any atom is -0.338 e. The quantitative estimate of drug-likeness (QED) is 0.613. The summed E-state index contributed by atoms with van der Waals surface area (Å²) in [6, 6.07) is 20.4. The Morgan fingerprint density at radius 1 is 1.00 bits per heavy atom. The molecule has 2 aromatic carbocycles. The first kappa shape index (κ1) is 18.0. The van der Waals surface area contributed by atoms with Crippen molar-refractivity contribution in [3.63, 3.8) is 0 Å². The fourth-order valence-electron chi connectivity index (χ4n) is 2.59. The van der Waals surface area contributed by atoms with Crippen molar-refractivity contribution in [2.45, 2.75) is 39.2 Å². The van der Waals surface area contributed by atoms with Gasteiger partial charge in [-0.25, -0.2) is 0 Å². The van der Waals surface area contributed by atoms with Gasteiger partial charge in [-0.3, -0.25) is 4.79 Å². The lowest BCUT2D eigenvalue weighted by atomic mass is 10.1. The van der Waals surface area contributed by atoms with E-state index < -0.39 is 0 Å². The highest BCUT2D eigenvalue weighted by Gasteiger charge is 2.12. The van der Waals surface area contributed by atoms with Gasteiger partial charge in [-0.05, 0) is 24.0 Å². The van der Waals surface area contributed by atoms with Crippen LogP contribution in [-0.4, -0.2) is 17.4 Å². The summed E-state index contributed by atoms with van der Waals surface area (Å²) in [4.78, 5) is 14.6. The molecule has 24 heavy (non-hydrogen) atoms. The number of hydrogen-bond donors (Lipinski definition) is 0. The zero-order valence-corrected chi connectivity index (χ0v) is 14.5. The number of allylic oxidation sites excluding steroid dienone is 1. The summed E-state index contributed by atoms with van der Waals surface area (Å²) in [6.07, 6.45) is 7.69. The van der Waals surface area contributed by atoms with Gasteiger partial charge < -0.3 is 4.90 Å². The first-order valence-electron chi connectivity index (χ1n) is 8.83. The molecule has 0 heterocycles. The van der Waals surface area contributed by atoms with Crippen molar-refractivity contribution in [2.24, 2.45) is 0 Å². The summed E-state index contributed by atoms with van der Waals surface area (Å²) in [5.74, 6) is 0.241. The molecule has 0 saturated carbocycles. The van der Waals surface area contributed by atoms with E-state index in [4.69, 9.17) is 0 Å². The number of benzene rings is 2. The molecule has 0 aliphatic carbocycles. The summed E-state index contributed by atoms with van der Waals surface area (Å²) in [5.41, 5.74) is 2.37. The first-order valence-corrected chi connectivity index (χ1v) is 8.83. The third-order valence-corrected chi connectivity index (χ3v) is 3.99. The molecule has 2 heteroatoms. The highest BCUT2D eigenvalue weighted by molar-refractivity contribution is 5.76. The molecule has 0 aromatic heterocycles. The smallest absolute Gasteiger partial charge is 0.223 e. The Morgan fingerprint density at radius 2 is 1.67 bits per heavy atom. The third kappa shape index (κ3) is 6.41.